The first-order valence-electron chi connectivity index (χ1n) is 38.5. The van der Waals surface area contributed by atoms with Gasteiger partial charge in [-0.2, -0.15) is 10.5 Å². The molecule has 0 N–H and O–H groups in total. The lowest BCUT2D eigenvalue weighted by atomic mass is 9.88. The first-order chi connectivity index (χ1) is 56.4. The van der Waals surface area contributed by atoms with Crippen LogP contribution in [0.15, 0.2) is 370 Å². The summed E-state index contributed by atoms with van der Waals surface area (Å²) in [7, 11) is 0. The Labute approximate surface area is 654 Å². The lowest BCUT2D eigenvalue weighted by molar-refractivity contribution is 1.18. The molecule has 24 rings (SSSR count). The summed E-state index contributed by atoms with van der Waals surface area (Å²) in [4.78, 5) is 14.4. The summed E-state index contributed by atoms with van der Waals surface area (Å²) in [5.74, 6) is 0. The van der Waals surface area contributed by atoms with Gasteiger partial charge in [0.2, 0.25) is 0 Å². The Morgan fingerprint density at radius 2 is 0.544 bits per heavy atom. The van der Waals surface area contributed by atoms with Crippen molar-refractivity contribution in [3.8, 4) is 113 Å². The van der Waals surface area contributed by atoms with Crippen molar-refractivity contribution < 1.29 is 0 Å². The summed E-state index contributed by atoms with van der Waals surface area (Å²) in [5.41, 5.74) is 25.8. The van der Waals surface area contributed by atoms with Gasteiger partial charge in [-0.25, -0.2) is 0 Å². The fourth-order valence-corrected chi connectivity index (χ4v) is 18.6. The van der Waals surface area contributed by atoms with Crippen LogP contribution in [0, 0.1) is 22.7 Å². The van der Waals surface area contributed by atoms with Gasteiger partial charge in [0.15, 0.2) is 0 Å². The van der Waals surface area contributed by atoms with Gasteiger partial charge >= 0.3 is 0 Å². The number of nitriles is 2. The van der Waals surface area contributed by atoms with Crippen LogP contribution in [0.3, 0.4) is 0 Å². The number of hydrogen-bond donors (Lipinski definition) is 0. The van der Waals surface area contributed by atoms with E-state index in [0.29, 0.717) is 11.1 Å². The van der Waals surface area contributed by atoms with Gasteiger partial charge in [0.1, 0.15) is 0 Å². The molecule has 0 aliphatic rings. The maximum Gasteiger partial charge on any atom is 0.0998 e. The standard InChI is InChI=1S/C59H34N4.C48H27N3/c60-35-42-19-23-54-58-50(42)20-21-51-49(22-24-55(59(51)58)63(54)48-11-2-1-3-12-48)37-10-8-9-36(27-37)43-28-38-15-17-40-30-44(31-41-18-16-39(29-43)56(38)57(40)41)45-32-46(52-13-4-6-25-61-52)34-47(33-45)53-14-5-7-26-62-53;49-27-34-16-21-43-47-40(34)17-18-41-39(19-22-44(48(41)47)51(43)38-9-5-2-6-10-38)35-15-20-42(50-28-35)37-25-32-13-11-30-23-36(29-7-3-1-4-8-29)24-31-12-14-33(26-37)46(32)45(30)31/h1-34H;1-26,28H. The zero-order valence-corrected chi connectivity index (χ0v) is 61.3. The molecule has 0 aliphatic carbocycles. The Hall–Kier alpha value is -15.7. The second kappa shape index (κ2) is 25.5. The van der Waals surface area contributed by atoms with Crippen LogP contribution >= 0.6 is 0 Å². The van der Waals surface area contributed by atoms with Crippen LogP contribution in [0.25, 0.3) is 231 Å². The van der Waals surface area contributed by atoms with Gasteiger partial charge in [-0.15, -0.1) is 0 Å². The first kappa shape index (κ1) is 64.3. The average Bonchev–Trinajstić information content (AvgIpc) is 1.48. The molecule has 0 radical (unpaired) electrons. The predicted molar refractivity (Wildman–Crippen MR) is 473 cm³/mol. The van der Waals surface area contributed by atoms with Crippen molar-refractivity contribution in [2.45, 2.75) is 0 Å². The Morgan fingerprint density at radius 3 is 0.974 bits per heavy atom. The maximum atomic E-state index is 10.1. The molecule has 5 aromatic heterocycles. The summed E-state index contributed by atoms with van der Waals surface area (Å²) >= 11 is 0. The van der Waals surface area contributed by atoms with Crippen LogP contribution < -0.4 is 0 Å². The third-order valence-corrected chi connectivity index (χ3v) is 23.7. The highest BCUT2D eigenvalue weighted by Crippen LogP contribution is 2.49. The predicted octanol–water partition coefficient (Wildman–Crippen LogP) is 27.8. The molecule has 0 saturated heterocycles. The lowest BCUT2D eigenvalue weighted by Gasteiger charge is -2.16. The number of pyridine rings is 3. The Kier molecular flexibility index (Phi) is 14.4. The molecule has 24 aromatic rings. The van der Waals surface area contributed by atoms with Gasteiger partial charge in [0, 0.05) is 84.5 Å². The Morgan fingerprint density at radius 1 is 0.211 bits per heavy atom. The summed E-state index contributed by atoms with van der Waals surface area (Å²) in [5, 5.41) is 44.0. The molecule has 0 spiro atoms. The van der Waals surface area contributed by atoms with Gasteiger partial charge in [-0.1, -0.05) is 188 Å². The number of aromatic nitrogens is 5. The molecular formula is C107H61N7. The minimum atomic E-state index is 0.693. The third kappa shape index (κ3) is 10.1. The van der Waals surface area contributed by atoms with Crippen molar-refractivity contribution >= 4 is 130 Å². The Balaban J connectivity index is 0.000000138. The minimum Gasteiger partial charge on any atom is -0.309 e. The van der Waals surface area contributed by atoms with Crippen molar-refractivity contribution in [3.63, 3.8) is 0 Å². The van der Waals surface area contributed by atoms with Crippen molar-refractivity contribution in [2.75, 3.05) is 0 Å². The number of rotatable bonds is 10. The van der Waals surface area contributed by atoms with E-state index in [-0.39, 0.29) is 0 Å². The molecule has 524 valence electrons. The van der Waals surface area contributed by atoms with Crippen LogP contribution in [-0.4, -0.2) is 24.1 Å². The molecule has 5 heterocycles. The number of benzene rings is 19. The van der Waals surface area contributed by atoms with Gasteiger partial charge in [0.25, 0.3) is 0 Å². The zero-order chi connectivity index (χ0) is 75.2. The van der Waals surface area contributed by atoms with Gasteiger partial charge in [-0.3, -0.25) is 15.0 Å². The third-order valence-electron chi connectivity index (χ3n) is 23.7. The number of nitrogens with zero attached hydrogens (tertiary/aromatic N) is 7. The van der Waals surface area contributed by atoms with Crippen LogP contribution in [0.4, 0.5) is 0 Å². The fraction of sp³-hybridized carbons (Fsp3) is 0. The van der Waals surface area contributed by atoms with E-state index < -0.39 is 0 Å². The Bertz CT molecular complexity index is 7880. The van der Waals surface area contributed by atoms with Gasteiger partial charge < -0.3 is 9.13 Å². The smallest absolute Gasteiger partial charge is 0.0998 e. The van der Waals surface area contributed by atoms with Crippen molar-refractivity contribution in [3.05, 3.63) is 382 Å². The zero-order valence-electron chi connectivity index (χ0n) is 61.3. The normalized spacial score (nSPS) is 11.8. The maximum absolute atomic E-state index is 10.1. The summed E-state index contributed by atoms with van der Waals surface area (Å²) < 4.78 is 4.64. The van der Waals surface area contributed by atoms with Crippen LogP contribution in [0.2, 0.25) is 0 Å². The van der Waals surface area contributed by atoms with E-state index in [4.69, 9.17) is 15.0 Å². The number of hydrogen-bond acceptors (Lipinski definition) is 5. The van der Waals surface area contributed by atoms with Crippen LogP contribution in [0.5, 0.6) is 0 Å². The van der Waals surface area contributed by atoms with E-state index in [0.717, 1.165) is 122 Å². The second-order valence-electron chi connectivity index (χ2n) is 30.0. The molecule has 0 aliphatic heterocycles. The molecule has 0 fully saturated rings. The molecular weight excluding hydrogens is 1380 g/mol. The molecule has 19 aromatic carbocycles. The molecule has 0 saturated carbocycles. The van der Waals surface area contributed by atoms with Crippen LogP contribution in [-0.2, 0) is 0 Å². The topological polar surface area (TPSA) is 96.1 Å². The van der Waals surface area contributed by atoms with Crippen molar-refractivity contribution in [2.24, 2.45) is 0 Å². The summed E-state index contributed by atoms with van der Waals surface area (Å²) in [6.07, 6.45) is 5.70. The van der Waals surface area contributed by atoms with E-state index in [1.165, 1.54) is 109 Å². The highest BCUT2D eigenvalue weighted by molar-refractivity contribution is 6.30. The summed E-state index contributed by atoms with van der Waals surface area (Å²) in [6, 6.07) is 131. The molecule has 114 heavy (non-hydrogen) atoms. The molecule has 0 atom stereocenters. The minimum absolute atomic E-state index is 0.693. The molecule has 0 bridgehead atoms. The largest absolute Gasteiger partial charge is 0.309 e. The quantitative estimate of drug-likeness (QED) is 0.127. The van der Waals surface area contributed by atoms with E-state index in [1.807, 2.05) is 67.1 Å². The SMILES string of the molecule is N#Cc1ccc2c3c1ccc1c(-c4ccc(-c5cc6ccc7cc(-c8ccccc8)cc8ccc(c5)c6c78)nc4)ccc(c13)n2-c1ccccc1.N#Cc1ccc2c3c1ccc1c(-c4cccc(-c5cc6ccc7cc(-c8cc(-c9ccccn9)cc(-c9ccccn9)c8)cc8ccc(c5)c6c78)c4)ccc(c13)n2-c1ccccc1. The second-order valence-corrected chi connectivity index (χ2v) is 30.0. The van der Waals surface area contributed by atoms with Gasteiger partial charge in [-0.05, 0) is 289 Å². The van der Waals surface area contributed by atoms with E-state index >= 15 is 0 Å². The number of para-hydroxylation sites is 2. The monoisotopic (exact) mass is 1440 g/mol. The van der Waals surface area contributed by atoms with Gasteiger partial charge in [0.05, 0.1) is 62.4 Å². The highest BCUT2D eigenvalue weighted by Gasteiger charge is 2.25. The molecule has 0 amide bonds. The van der Waals surface area contributed by atoms with E-state index in [9.17, 15) is 10.5 Å². The fourth-order valence-electron chi connectivity index (χ4n) is 18.6. The summed E-state index contributed by atoms with van der Waals surface area (Å²) in [6.45, 7) is 0. The first-order valence-corrected chi connectivity index (χ1v) is 38.5. The van der Waals surface area contributed by atoms with Crippen molar-refractivity contribution in [1.82, 2.24) is 24.1 Å². The highest BCUT2D eigenvalue weighted by atomic mass is 15.0. The van der Waals surface area contributed by atoms with Crippen molar-refractivity contribution in [1.29, 1.82) is 10.5 Å². The lowest BCUT2D eigenvalue weighted by Crippen LogP contribution is -1.93. The molecule has 7 heteroatoms. The van der Waals surface area contributed by atoms with Crippen LogP contribution in [0.1, 0.15) is 11.1 Å². The average molecular weight is 1440 g/mol. The van der Waals surface area contributed by atoms with E-state index in [2.05, 4.69) is 325 Å². The molecule has 0 unspecified atom stereocenters. The van der Waals surface area contributed by atoms with E-state index in [1.54, 1.807) is 0 Å². The molecule has 7 nitrogen and oxygen atoms in total.